The Bertz CT molecular complexity index is 568. The average molecular weight is 332 g/mol. The predicted molar refractivity (Wildman–Crippen MR) is 93.0 cm³/mol. The minimum Gasteiger partial charge on any atom is -0.454 e. The first kappa shape index (κ1) is 16.1. The highest BCUT2D eigenvalue weighted by Gasteiger charge is 2.30. The normalized spacial score (nSPS) is 29.5. The lowest BCUT2D eigenvalue weighted by Gasteiger charge is -2.21. The maximum atomic E-state index is 5.51. The average Bonchev–Trinajstić information content (AvgIpc) is 3.34. The van der Waals surface area contributed by atoms with Crippen LogP contribution in [0.5, 0.6) is 11.5 Å². The van der Waals surface area contributed by atoms with Crippen LogP contribution in [-0.2, 0) is 0 Å². The smallest absolute Gasteiger partial charge is 0.231 e. The summed E-state index contributed by atoms with van der Waals surface area (Å²) in [6.45, 7) is 9.41. The van der Waals surface area contributed by atoms with Crippen LogP contribution in [-0.4, -0.2) is 51.0 Å². The van der Waals surface area contributed by atoms with Gasteiger partial charge in [0.15, 0.2) is 11.5 Å². The van der Waals surface area contributed by atoms with Gasteiger partial charge in [-0.25, -0.2) is 5.43 Å². The van der Waals surface area contributed by atoms with Gasteiger partial charge in [-0.05, 0) is 49.7 Å². The number of hydrazine groups is 1. The number of fused-ring (bicyclic) bond motifs is 1. The lowest BCUT2D eigenvalue weighted by atomic mass is 9.94. The van der Waals surface area contributed by atoms with E-state index in [0.29, 0.717) is 18.8 Å². The Kier molecular flexibility index (Phi) is 4.89. The third kappa shape index (κ3) is 3.37. The van der Waals surface area contributed by atoms with Crippen LogP contribution in [0.4, 0.5) is 0 Å². The summed E-state index contributed by atoms with van der Waals surface area (Å²) in [5, 5.41) is 3.70. The maximum Gasteiger partial charge on any atom is 0.231 e. The van der Waals surface area contributed by atoms with Crippen molar-refractivity contribution < 1.29 is 9.47 Å². The second-order valence-corrected chi connectivity index (χ2v) is 7.08. The molecule has 6 heteroatoms. The Labute approximate surface area is 143 Å². The summed E-state index contributed by atoms with van der Waals surface area (Å²) in [4.78, 5) is 2.54. The van der Waals surface area contributed by atoms with Crippen LogP contribution < -0.4 is 25.6 Å². The summed E-state index contributed by atoms with van der Waals surface area (Å²) in [5.74, 6) is 3.05. The molecule has 2 saturated heterocycles. The van der Waals surface area contributed by atoms with Crippen LogP contribution in [0.15, 0.2) is 18.2 Å². The van der Waals surface area contributed by atoms with Crippen molar-refractivity contribution in [1.29, 1.82) is 0 Å². The van der Waals surface area contributed by atoms with Gasteiger partial charge < -0.3 is 19.7 Å². The molecule has 3 atom stereocenters. The van der Waals surface area contributed by atoms with Crippen molar-refractivity contribution in [3.8, 4) is 11.5 Å². The number of ether oxygens (including phenoxy) is 2. The fraction of sp³-hybridized carbons (Fsp3) is 0.667. The van der Waals surface area contributed by atoms with Gasteiger partial charge >= 0.3 is 0 Å². The van der Waals surface area contributed by atoms with Gasteiger partial charge in [0, 0.05) is 25.6 Å². The second-order valence-electron chi connectivity index (χ2n) is 7.08. The summed E-state index contributed by atoms with van der Waals surface area (Å²) in [6.07, 6.45) is 1.33. The SMILES string of the molecule is CCN1CCC(CNCC2CNNC2c2ccc3c(c2)OCO3)C1. The van der Waals surface area contributed by atoms with Crippen LogP contribution in [0.1, 0.15) is 24.9 Å². The topological polar surface area (TPSA) is 57.8 Å². The van der Waals surface area contributed by atoms with Crippen molar-refractivity contribution in [2.45, 2.75) is 19.4 Å². The number of nitrogens with one attached hydrogen (secondary N) is 3. The molecule has 6 nitrogen and oxygen atoms in total. The van der Waals surface area contributed by atoms with Gasteiger partial charge in [-0.3, -0.25) is 5.43 Å². The minimum atomic E-state index is 0.308. The van der Waals surface area contributed by atoms with Gasteiger partial charge in [-0.15, -0.1) is 0 Å². The molecule has 0 amide bonds. The van der Waals surface area contributed by atoms with E-state index in [1.54, 1.807) is 0 Å². The third-order valence-corrected chi connectivity index (χ3v) is 5.51. The van der Waals surface area contributed by atoms with E-state index in [2.05, 4.69) is 40.1 Å². The molecular formula is C18H28N4O2. The summed E-state index contributed by atoms with van der Waals surface area (Å²) in [7, 11) is 0. The van der Waals surface area contributed by atoms with E-state index < -0.39 is 0 Å². The summed E-state index contributed by atoms with van der Waals surface area (Å²) >= 11 is 0. The standard InChI is InChI=1S/C18H28N4O2/c1-2-22-6-5-13(11-22)8-19-9-15-10-20-21-18(15)14-3-4-16-17(7-14)24-12-23-16/h3-4,7,13,15,18-21H,2,5-6,8-12H2,1H3. The van der Waals surface area contributed by atoms with Crippen LogP contribution in [0.25, 0.3) is 0 Å². The molecule has 3 aliphatic heterocycles. The van der Waals surface area contributed by atoms with E-state index in [9.17, 15) is 0 Å². The van der Waals surface area contributed by atoms with E-state index in [1.165, 1.54) is 31.6 Å². The molecule has 3 N–H and O–H groups in total. The largest absolute Gasteiger partial charge is 0.454 e. The fourth-order valence-corrected chi connectivity index (χ4v) is 4.03. The van der Waals surface area contributed by atoms with E-state index in [4.69, 9.17) is 9.47 Å². The van der Waals surface area contributed by atoms with E-state index in [0.717, 1.165) is 37.1 Å². The molecule has 24 heavy (non-hydrogen) atoms. The lowest BCUT2D eigenvalue weighted by molar-refractivity contribution is 0.174. The Balaban J connectivity index is 1.30. The molecule has 1 aromatic carbocycles. The second kappa shape index (κ2) is 7.27. The van der Waals surface area contributed by atoms with Gasteiger partial charge in [-0.2, -0.15) is 0 Å². The predicted octanol–water partition coefficient (Wildman–Crippen LogP) is 1.11. The van der Waals surface area contributed by atoms with Gasteiger partial charge in [0.1, 0.15) is 0 Å². The van der Waals surface area contributed by atoms with Gasteiger partial charge in [0.05, 0.1) is 6.04 Å². The van der Waals surface area contributed by atoms with Crippen molar-refractivity contribution in [3.05, 3.63) is 23.8 Å². The first-order valence-corrected chi connectivity index (χ1v) is 9.14. The molecule has 0 bridgehead atoms. The molecule has 1 aromatic rings. The highest BCUT2D eigenvalue weighted by atomic mass is 16.7. The molecule has 3 unspecified atom stereocenters. The molecule has 132 valence electrons. The Morgan fingerprint density at radius 1 is 1.25 bits per heavy atom. The van der Waals surface area contributed by atoms with E-state index in [-0.39, 0.29) is 0 Å². The molecular weight excluding hydrogens is 304 g/mol. The first-order chi connectivity index (χ1) is 11.8. The molecule has 2 fully saturated rings. The van der Waals surface area contributed by atoms with Crippen LogP contribution in [0, 0.1) is 11.8 Å². The summed E-state index contributed by atoms with van der Waals surface area (Å²) in [6, 6.07) is 6.57. The fourth-order valence-electron chi connectivity index (χ4n) is 4.03. The first-order valence-electron chi connectivity index (χ1n) is 9.14. The molecule has 3 aliphatic rings. The van der Waals surface area contributed by atoms with E-state index >= 15 is 0 Å². The van der Waals surface area contributed by atoms with Crippen LogP contribution >= 0.6 is 0 Å². The summed E-state index contributed by atoms with van der Waals surface area (Å²) in [5.41, 5.74) is 7.99. The Hall–Kier alpha value is -1.34. The molecule has 0 spiro atoms. The van der Waals surface area contributed by atoms with Crippen molar-refractivity contribution in [2.24, 2.45) is 11.8 Å². The monoisotopic (exact) mass is 332 g/mol. The van der Waals surface area contributed by atoms with Gasteiger partial charge in [0.25, 0.3) is 0 Å². The van der Waals surface area contributed by atoms with Crippen molar-refractivity contribution >= 4 is 0 Å². The third-order valence-electron chi connectivity index (χ3n) is 5.51. The molecule has 0 aromatic heterocycles. The van der Waals surface area contributed by atoms with Gasteiger partial charge in [-0.1, -0.05) is 13.0 Å². The zero-order valence-corrected chi connectivity index (χ0v) is 14.4. The summed E-state index contributed by atoms with van der Waals surface area (Å²) < 4.78 is 10.9. The van der Waals surface area contributed by atoms with Crippen LogP contribution in [0.3, 0.4) is 0 Å². The molecule has 0 aliphatic carbocycles. The number of nitrogens with zero attached hydrogens (tertiary/aromatic N) is 1. The Morgan fingerprint density at radius 3 is 3.04 bits per heavy atom. The number of likely N-dealkylation sites (tertiary alicyclic amines) is 1. The van der Waals surface area contributed by atoms with Gasteiger partial charge in [0.2, 0.25) is 6.79 Å². The van der Waals surface area contributed by atoms with Crippen molar-refractivity contribution in [3.63, 3.8) is 0 Å². The number of rotatable bonds is 6. The number of hydrogen-bond acceptors (Lipinski definition) is 6. The highest BCUT2D eigenvalue weighted by molar-refractivity contribution is 5.45. The maximum absolute atomic E-state index is 5.51. The van der Waals surface area contributed by atoms with Crippen molar-refractivity contribution in [1.82, 2.24) is 21.1 Å². The molecule has 4 rings (SSSR count). The molecule has 0 saturated carbocycles. The lowest BCUT2D eigenvalue weighted by Crippen LogP contribution is -2.32. The van der Waals surface area contributed by atoms with Crippen LogP contribution in [0.2, 0.25) is 0 Å². The minimum absolute atomic E-state index is 0.308. The Morgan fingerprint density at radius 2 is 2.17 bits per heavy atom. The quantitative estimate of drug-likeness (QED) is 0.726. The number of benzene rings is 1. The zero-order valence-electron chi connectivity index (χ0n) is 14.4. The number of hydrogen-bond donors (Lipinski definition) is 3. The molecule has 0 radical (unpaired) electrons. The van der Waals surface area contributed by atoms with Crippen molar-refractivity contribution in [2.75, 3.05) is 46.1 Å². The molecule has 3 heterocycles. The van der Waals surface area contributed by atoms with E-state index in [1.807, 2.05) is 6.07 Å². The highest BCUT2D eigenvalue weighted by Crippen LogP contribution is 2.36. The zero-order chi connectivity index (χ0) is 16.4.